The molecule has 1 aromatic carbocycles. The van der Waals surface area contributed by atoms with Crippen molar-refractivity contribution in [2.24, 2.45) is 5.41 Å². The Hall–Kier alpha value is -1.35. The van der Waals surface area contributed by atoms with Crippen molar-refractivity contribution in [1.29, 1.82) is 0 Å². The molecule has 2 aliphatic heterocycles. The smallest absolute Gasteiger partial charge is 0.231 e. The van der Waals surface area contributed by atoms with E-state index >= 15 is 0 Å². The van der Waals surface area contributed by atoms with Crippen LogP contribution in [0, 0.1) is 5.41 Å². The molecule has 2 bridgehead atoms. The predicted molar refractivity (Wildman–Crippen MR) is 78.2 cm³/mol. The predicted octanol–water partition coefficient (Wildman–Crippen LogP) is 3.16. The summed E-state index contributed by atoms with van der Waals surface area (Å²) < 4.78 is 5.90. The van der Waals surface area contributed by atoms with Gasteiger partial charge in [-0.1, -0.05) is 30.3 Å². The SMILES string of the molecule is C[C@H](c1ccccc1)N(C)C(=O)[C@]1(C)C[C@H]2CC[C@H]1O2. The summed E-state index contributed by atoms with van der Waals surface area (Å²) in [6.45, 7) is 4.16. The minimum absolute atomic E-state index is 0.0969. The highest BCUT2D eigenvalue weighted by Gasteiger charge is 2.54. The summed E-state index contributed by atoms with van der Waals surface area (Å²) in [6.07, 6.45) is 3.44. The zero-order chi connectivity index (χ0) is 14.3. The molecule has 3 nitrogen and oxygen atoms in total. The van der Waals surface area contributed by atoms with E-state index in [0.29, 0.717) is 6.10 Å². The van der Waals surface area contributed by atoms with E-state index in [1.807, 2.05) is 30.1 Å². The molecule has 0 aromatic heterocycles. The first-order valence-electron chi connectivity index (χ1n) is 7.50. The van der Waals surface area contributed by atoms with Crippen LogP contribution in [0.1, 0.15) is 44.7 Å². The molecule has 0 unspecified atom stereocenters. The molecular formula is C17H23NO2. The molecule has 20 heavy (non-hydrogen) atoms. The average Bonchev–Trinajstić information content (AvgIpc) is 3.06. The normalized spacial score (nSPS) is 33.1. The van der Waals surface area contributed by atoms with E-state index in [1.165, 1.54) is 5.56 Å². The van der Waals surface area contributed by atoms with E-state index in [4.69, 9.17) is 4.74 Å². The van der Waals surface area contributed by atoms with Gasteiger partial charge >= 0.3 is 0 Å². The average molecular weight is 273 g/mol. The number of carbonyl (C=O) groups is 1. The molecular weight excluding hydrogens is 250 g/mol. The highest BCUT2D eigenvalue weighted by molar-refractivity contribution is 5.83. The molecule has 0 radical (unpaired) electrons. The number of fused-ring (bicyclic) bond motifs is 2. The van der Waals surface area contributed by atoms with E-state index in [-0.39, 0.29) is 23.5 Å². The third kappa shape index (κ3) is 2.05. The van der Waals surface area contributed by atoms with Crippen molar-refractivity contribution in [3.63, 3.8) is 0 Å². The molecule has 4 atom stereocenters. The molecule has 2 aliphatic rings. The standard InChI is InChI=1S/C17H23NO2/c1-12(13-7-5-4-6-8-13)18(3)16(19)17(2)11-14-9-10-15(17)20-14/h4-8,12,14-15H,9-11H2,1-3H3/t12-,14-,15-,17-/m1/s1. The molecule has 0 spiro atoms. The van der Waals surface area contributed by atoms with Gasteiger partial charge in [-0.15, -0.1) is 0 Å². The maximum atomic E-state index is 12.9. The maximum absolute atomic E-state index is 12.9. The number of ether oxygens (including phenoxy) is 1. The Bertz CT molecular complexity index is 501. The minimum atomic E-state index is -0.333. The summed E-state index contributed by atoms with van der Waals surface area (Å²) >= 11 is 0. The van der Waals surface area contributed by atoms with Crippen LogP contribution in [0.2, 0.25) is 0 Å². The highest BCUT2D eigenvalue weighted by atomic mass is 16.5. The van der Waals surface area contributed by atoms with Crippen LogP contribution in [0.25, 0.3) is 0 Å². The zero-order valence-electron chi connectivity index (χ0n) is 12.5. The fourth-order valence-corrected chi connectivity index (χ4v) is 3.69. The second-order valence-electron chi connectivity index (χ2n) is 6.45. The van der Waals surface area contributed by atoms with Crippen LogP contribution in [-0.4, -0.2) is 30.1 Å². The van der Waals surface area contributed by atoms with E-state index in [9.17, 15) is 4.79 Å². The first-order chi connectivity index (χ1) is 9.52. The Morgan fingerprint density at radius 3 is 2.60 bits per heavy atom. The van der Waals surface area contributed by atoms with Gasteiger partial charge < -0.3 is 9.64 Å². The van der Waals surface area contributed by atoms with Crippen LogP contribution in [0.3, 0.4) is 0 Å². The fourth-order valence-electron chi connectivity index (χ4n) is 3.69. The summed E-state index contributed by atoms with van der Waals surface area (Å²) in [4.78, 5) is 14.8. The number of hydrogen-bond acceptors (Lipinski definition) is 2. The quantitative estimate of drug-likeness (QED) is 0.846. The first-order valence-corrected chi connectivity index (χ1v) is 7.50. The molecule has 1 amide bonds. The molecule has 2 saturated heterocycles. The molecule has 3 rings (SSSR count). The van der Waals surface area contributed by atoms with Gasteiger partial charge in [0.1, 0.15) is 0 Å². The molecule has 2 fully saturated rings. The van der Waals surface area contributed by atoms with Crippen molar-refractivity contribution in [2.75, 3.05) is 7.05 Å². The Morgan fingerprint density at radius 1 is 1.35 bits per heavy atom. The Labute approximate surface area is 120 Å². The van der Waals surface area contributed by atoms with Crippen LogP contribution in [0.5, 0.6) is 0 Å². The van der Waals surface area contributed by atoms with E-state index in [0.717, 1.165) is 19.3 Å². The van der Waals surface area contributed by atoms with Gasteiger partial charge in [0.05, 0.1) is 23.7 Å². The van der Waals surface area contributed by atoms with Gasteiger partial charge in [-0.05, 0) is 38.7 Å². The van der Waals surface area contributed by atoms with Crippen LogP contribution in [0.4, 0.5) is 0 Å². The van der Waals surface area contributed by atoms with Crippen molar-refractivity contribution >= 4 is 5.91 Å². The maximum Gasteiger partial charge on any atom is 0.231 e. The molecule has 0 N–H and O–H groups in total. The number of hydrogen-bond donors (Lipinski definition) is 0. The summed E-state index contributed by atoms with van der Waals surface area (Å²) in [6, 6.07) is 10.3. The van der Waals surface area contributed by atoms with Crippen molar-refractivity contribution in [3.05, 3.63) is 35.9 Å². The number of nitrogens with zero attached hydrogens (tertiary/aromatic N) is 1. The van der Waals surface area contributed by atoms with E-state index in [1.54, 1.807) is 0 Å². The molecule has 108 valence electrons. The summed E-state index contributed by atoms with van der Waals surface area (Å²) in [5, 5.41) is 0. The van der Waals surface area contributed by atoms with Crippen LogP contribution >= 0.6 is 0 Å². The Balaban J connectivity index is 1.77. The van der Waals surface area contributed by atoms with E-state index < -0.39 is 0 Å². The van der Waals surface area contributed by atoms with Gasteiger partial charge in [-0.3, -0.25) is 4.79 Å². The van der Waals surface area contributed by atoms with Crippen molar-refractivity contribution in [1.82, 2.24) is 4.90 Å². The van der Waals surface area contributed by atoms with Gasteiger partial charge in [-0.25, -0.2) is 0 Å². The lowest BCUT2D eigenvalue weighted by molar-refractivity contribution is -0.144. The van der Waals surface area contributed by atoms with Gasteiger partial charge in [0.2, 0.25) is 5.91 Å². The monoisotopic (exact) mass is 273 g/mol. The summed E-state index contributed by atoms with van der Waals surface area (Å²) in [5.74, 6) is 0.223. The van der Waals surface area contributed by atoms with Crippen molar-refractivity contribution in [3.8, 4) is 0 Å². The van der Waals surface area contributed by atoms with E-state index in [2.05, 4.69) is 26.0 Å². The van der Waals surface area contributed by atoms with Gasteiger partial charge in [0, 0.05) is 7.05 Å². The van der Waals surface area contributed by atoms with Gasteiger partial charge in [0.15, 0.2) is 0 Å². The minimum Gasteiger partial charge on any atom is -0.374 e. The number of carbonyl (C=O) groups excluding carboxylic acids is 1. The molecule has 0 aliphatic carbocycles. The van der Waals surface area contributed by atoms with Crippen molar-refractivity contribution in [2.45, 2.75) is 51.4 Å². The Morgan fingerprint density at radius 2 is 2.05 bits per heavy atom. The second-order valence-corrected chi connectivity index (χ2v) is 6.45. The summed E-state index contributed by atoms with van der Waals surface area (Å²) in [7, 11) is 1.91. The lowest BCUT2D eigenvalue weighted by Gasteiger charge is -2.36. The van der Waals surface area contributed by atoms with Crippen LogP contribution in [-0.2, 0) is 9.53 Å². The lowest BCUT2D eigenvalue weighted by Crippen LogP contribution is -2.46. The fraction of sp³-hybridized carbons (Fsp3) is 0.588. The number of amides is 1. The highest BCUT2D eigenvalue weighted by Crippen LogP contribution is 2.48. The molecule has 1 aromatic rings. The van der Waals surface area contributed by atoms with Crippen molar-refractivity contribution < 1.29 is 9.53 Å². The lowest BCUT2D eigenvalue weighted by atomic mass is 9.74. The second kappa shape index (κ2) is 4.88. The largest absolute Gasteiger partial charge is 0.374 e. The van der Waals surface area contributed by atoms with Gasteiger partial charge in [-0.2, -0.15) is 0 Å². The van der Waals surface area contributed by atoms with Gasteiger partial charge in [0.25, 0.3) is 0 Å². The Kier molecular flexibility index (Phi) is 3.33. The molecule has 3 heteroatoms. The summed E-state index contributed by atoms with van der Waals surface area (Å²) in [5.41, 5.74) is 0.844. The zero-order valence-corrected chi connectivity index (χ0v) is 12.5. The topological polar surface area (TPSA) is 29.5 Å². The van der Waals surface area contributed by atoms with Crippen LogP contribution in [0.15, 0.2) is 30.3 Å². The molecule has 2 heterocycles. The third-order valence-electron chi connectivity index (χ3n) is 5.14. The molecule has 0 saturated carbocycles. The van der Waals surface area contributed by atoms with Crippen LogP contribution < -0.4 is 0 Å². The first kappa shape index (κ1) is 13.6. The number of benzene rings is 1. The third-order valence-corrected chi connectivity index (χ3v) is 5.14. The number of rotatable bonds is 3.